The molecule has 0 radical (unpaired) electrons. The number of imidazole rings is 2. The number of benzene rings is 1. The van der Waals surface area contributed by atoms with Crippen LogP contribution in [0, 0.1) is 23.2 Å². The molecular formula is C45H58N8O6. The first-order valence-corrected chi connectivity index (χ1v) is 21.2. The molecule has 1 unspecified atom stereocenters. The molecule has 1 aromatic carbocycles. The Hall–Kier alpha value is -5.40. The minimum absolute atomic E-state index is 0.0846. The highest BCUT2D eigenvalue weighted by Gasteiger charge is 2.70. The Balaban J connectivity index is 0.856. The zero-order chi connectivity index (χ0) is 41.6. The van der Waals surface area contributed by atoms with Gasteiger partial charge in [-0.2, -0.15) is 0 Å². The number of nitrogens with one attached hydrogen (secondary N) is 4. The molecular weight excluding hydrogens is 749 g/mol. The highest BCUT2D eigenvalue weighted by molar-refractivity contribution is 5.87. The van der Waals surface area contributed by atoms with Crippen molar-refractivity contribution in [1.82, 2.24) is 40.4 Å². The summed E-state index contributed by atoms with van der Waals surface area (Å²) in [6.45, 7) is 8.91. The lowest BCUT2D eigenvalue weighted by Gasteiger charge is -2.74. The summed E-state index contributed by atoms with van der Waals surface area (Å²) in [6, 6.07) is 7.25. The summed E-state index contributed by atoms with van der Waals surface area (Å²) in [5, 5.41) is 5.43. The largest absolute Gasteiger partial charge is 0.453 e. The van der Waals surface area contributed by atoms with Crippen LogP contribution >= 0.6 is 0 Å². The number of nitrogens with zero attached hydrogens (tertiary/aromatic N) is 4. The Morgan fingerprint density at radius 1 is 0.763 bits per heavy atom. The zero-order valence-corrected chi connectivity index (χ0v) is 35.0. The van der Waals surface area contributed by atoms with Crippen molar-refractivity contribution < 1.29 is 28.7 Å². The first-order valence-electron chi connectivity index (χ1n) is 21.2. The van der Waals surface area contributed by atoms with Gasteiger partial charge in [-0.05, 0) is 96.7 Å². The van der Waals surface area contributed by atoms with Gasteiger partial charge in [0.25, 0.3) is 0 Å². The molecule has 59 heavy (non-hydrogen) atoms. The number of hydrogen-bond acceptors (Lipinski definition) is 8. The van der Waals surface area contributed by atoms with Gasteiger partial charge in [0.05, 0.1) is 50.1 Å². The average Bonchev–Trinajstić information content (AvgIpc) is 4.04. The maximum Gasteiger partial charge on any atom is 0.407 e. The molecule has 5 fully saturated rings. The van der Waals surface area contributed by atoms with Gasteiger partial charge >= 0.3 is 12.2 Å². The van der Waals surface area contributed by atoms with Gasteiger partial charge < -0.3 is 39.9 Å². The summed E-state index contributed by atoms with van der Waals surface area (Å²) < 4.78 is 9.55. The second kappa shape index (κ2) is 16.0. The van der Waals surface area contributed by atoms with Crippen LogP contribution in [0.5, 0.6) is 0 Å². The maximum absolute atomic E-state index is 13.6. The predicted octanol–water partition coefficient (Wildman–Crippen LogP) is 6.97. The van der Waals surface area contributed by atoms with Crippen molar-refractivity contribution in [1.29, 1.82) is 0 Å². The number of rotatable bonds is 12. The van der Waals surface area contributed by atoms with E-state index in [9.17, 15) is 19.2 Å². The molecule has 5 atom stereocenters. The fourth-order valence-electron chi connectivity index (χ4n) is 10.5. The van der Waals surface area contributed by atoms with Crippen LogP contribution in [0.1, 0.15) is 114 Å². The van der Waals surface area contributed by atoms with Crippen LogP contribution in [-0.4, -0.2) is 93.1 Å². The third-order valence-corrected chi connectivity index (χ3v) is 13.8. The normalized spacial score (nSPS) is 26.8. The SMILES string of the molecule is COC(=O)N[C@H](C(=O)N1CCC[C@H]1c1ncc(C2=CCC(C34CC(c5ccc(-c6cnc([C@@H]7CCCN7C(=O)[C@@H](NC(=O)OC)C(C)C)[nH]6)cc5)(C3)C4)C=C2)[nH]1)C(C)C. The number of H-pyrrole nitrogens is 2. The number of carbonyl (C=O) groups excluding carboxylic acids is 4. The molecule has 3 saturated carbocycles. The van der Waals surface area contributed by atoms with E-state index in [1.807, 2.05) is 49.9 Å². The minimum Gasteiger partial charge on any atom is -0.453 e. The third kappa shape index (κ3) is 7.43. The van der Waals surface area contributed by atoms with Crippen molar-refractivity contribution >= 4 is 29.6 Å². The summed E-state index contributed by atoms with van der Waals surface area (Å²) in [7, 11) is 2.61. The Kier molecular flexibility index (Phi) is 10.9. The van der Waals surface area contributed by atoms with Crippen LogP contribution < -0.4 is 10.6 Å². The number of carbonyl (C=O) groups is 4. The molecule has 6 aliphatic rings. The standard InChI is InChI=1S/C45H58N8O6/c1-26(2)36(50-42(56)58-5)40(54)52-19-7-9-34(52)38-46-21-32(48-38)28-11-15-30(16-12-28)44-23-45(24-44,25-44)31-17-13-29(14-18-31)33-22-47-39(49-33)35-10-8-20-53(35)41(55)37(27(3)4)51-43(57)59-6/h11-17,21-22,26-27,31,34-37H,7-10,18-20,23-25H2,1-6H3,(H,46,48)(H,47,49)(H,50,56)(H,51,57)/t31?,34-,35-,36-,37-,44?,45?/m0/s1. The number of hydrogen-bond donors (Lipinski definition) is 4. The quantitative estimate of drug-likeness (QED) is 0.152. The summed E-state index contributed by atoms with van der Waals surface area (Å²) >= 11 is 0. The van der Waals surface area contributed by atoms with E-state index in [1.54, 1.807) is 0 Å². The van der Waals surface area contributed by atoms with Gasteiger partial charge in [0, 0.05) is 13.1 Å². The van der Waals surface area contributed by atoms with E-state index in [1.165, 1.54) is 39.0 Å². The van der Waals surface area contributed by atoms with Gasteiger partial charge in [-0.15, -0.1) is 0 Å². The van der Waals surface area contributed by atoms with Crippen molar-refractivity contribution in [3.63, 3.8) is 0 Å². The number of alkyl carbamates (subject to hydrolysis) is 2. The monoisotopic (exact) mass is 806 g/mol. The number of likely N-dealkylation sites (tertiary alicyclic amines) is 2. The van der Waals surface area contributed by atoms with Gasteiger partial charge in [-0.1, -0.05) is 70.2 Å². The van der Waals surface area contributed by atoms with Crippen molar-refractivity contribution in [3.8, 4) is 11.3 Å². The molecule has 4 N–H and O–H groups in total. The highest BCUT2D eigenvalue weighted by Crippen LogP contribution is 2.77. The number of methoxy groups -OCH3 is 2. The van der Waals surface area contributed by atoms with Crippen LogP contribution in [0.3, 0.4) is 0 Å². The topological polar surface area (TPSA) is 175 Å². The smallest absolute Gasteiger partial charge is 0.407 e. The molecule has 4 heterocycles. The Morgan fingerprint density at radius 3 is 1.75 bits per heavy atom. The average molecular weight is 807 g/mol. The number of aromatic nitrogens is 4. The lowest BCUT2D eigenvalue weighted by Crippen LogP contribution is -2.67. The highest BCUT2D eigenvalue weighted by atomic mass is 16.5. The summed E-state index contributed by atoms with van der Waals surface area (Å²) in [4.78, 5) is 71.3. The third-order valence-electron chi connectivity index (χ3n) is 13.8. The van der Waals surface area contributed by atoms with Gasteiger partial charge in [-0.25, -0.2) is 19.6 Å². The van der Waals surface area contributed by atoms with Crippen molar-refractivity contribution in [2.75, 3.05) is 27.3 Å². The van der Waals surface area contributed by atoms with Crippen molar-refractivity contribution in [2.45, 2.75) is 109 Å². The van der Waals surface area contributed by atoms with Crippen LogP contribution in [0.25, 0.3) is 16.8 Å². The summed E-state index contributed by atoms with van der Waals surface area (Å²) in [5.41, 5.74) is 6.07. The first kappa shape index (κ1) is 40.4. The second-order valence-corrected chi connectivity index (χ2v) is 18.1. The second-order valence-electron chi connectivity index (χ2n) is 18.1. The van der Waals surface area contributed by atoms with Crippen LogP contribution in [-0.2, 0) is 24.5 Å². The Morgan fingerprint density at radius 2 is 1.27 bits per heavy atom. The van der Waals surface area contributed by atoms with Crippen molar-refractivity contribution in [3.05, 3.63) is 77.8 Å². The fourth-order valence-corrected chi connectivity index (χ4v) is 10.5. The van der Waals surface area contributed by atoms with E-state index in [0.717, 1.165) is 66.3 Å². The lowest BCUT2D eigenvalue weighted by atomic mass is 9.30. The fraction of sp³-hybridized carbons (Fsp3) is 0.556. The van der Waals surface area contributed by atoms with E-state index in [-0.39, 0.29) is 41.1 Å². The van der Waals surface area contributed by atoms with E-state index in [4.69, 9.17) is 19.4 Å². The molecule has 4 amide bonds. The molecule has 14 heteroatoms. The lowest BCUT2D eigenvalue weighted by molar-refractivity contribution is -0.169. The van der Waals surface area contributed by atoms with Crippen LogP contribution in [0.4, 0.5) is 9.59 Å². The van der Waals surface area contributed by atoms with Gasteiger partial charge in [0.15, 0.2) is 0 Å². The molecule has 0 spiro atoms. The van der Waals surface area contributed by atoms with Crippen molar-refractivity contribution in [2.24, 2.45) is 23.2 Å². The van der Waals surface area contributed by atoms with Gasteiger partial charge in [0.1, 0.15) is 23.7 Å². The van der Waals surface area contributed by atoms with E-state index in [0.29, 0.717) is 24.4 Å². The molecule has 4 aliphatic carbocycles. The molecule has 3 aromatic rings. The molecule has 14 nitrogen and oxygen atoms in total. The molecule has 9 rings (SSSR count). The van der Waals surface area contributed by atoms with E-state index < -0.39 is 24.3 Å². The van der Waals surface area contributed by atoms with Gasteiger partial charge in [-0.3, -0.25) is 9.59 Å². The van der Waals surface area contributed by atoms with Gasteiger partial charge in [0.2, 0.25) is 11.8 Å². The van der Waals surface area contributed by atoms with Crippen LogP contribution in [0.2, 0.25) is 0 Å². The maximum atomic E-state index is 13.6. The number of aromatic amines is 2. The Labute approximate surface area is 346 Å². The molecule has 314 valence electrons. The molecule has 2 aliphatic heterocycles. The molecule has 2 bridgehead atoms. The number of allylic oxidation sites excluding steroid dienone is 4. The zero-order valence-electron chi connectivity index (χ0n) is 35.0. The van der Waals surface area contributed by atoms with E-state index in [2.05, 4.69) is 63.1 Å². The number of amides is 4. The first-order chi connectivity index (χ1) is 28.3. The minimum atomic E-state index is -0.668. The molecule has 2 aromatic heterocycles. The van der Waals surface area contributed by atoms with Crippen LogP contribution in [0.15, 0.2) is 54.9 Å². The molecule has 2 saturated heterocycles. The predicted molar refractivity (Wildman–Crippen MR) is 222 cm³/mol. The van der Waals surface area contributed by atoms with E-state index >= 15 is 0 Å². The number of ether oxygens (including phenoxy) is 2. The summed E-state index contributed by atoms with van der Waals surface area (Å²) in [5.74, 6) is 1.65. The summed E-state index contributed by atoms with van der Waals surface area (Å²) in [6.07, 6.45) is 17.4. The Bertz CT molecular complexity index is 2110.